The molecule has 106 valence electrons. The van der Waals surface area contributed by atoms with Crippen LogP contribution < -0.4 is 15.2 Å². The number of anilines is 1. The average Bonchev–Trinajstić information content (AvgIpc) is 2.37. The predicted molar refractivity (Wildman–Crippen MR) is 69.2 cm³/mol. The topological polar surface area (TPSA) is 108 Å². The lowest BCUT2D eigenvalue weighted by Gasteiger charge is -2.09. The lowest BCUT2D eigenvalue weighted by Crippen LogP contribution is -2.30. The van der Waals surface area contributed by atoms with E-state index in [4.69, 9.17) is 10.5 Å². The van der Waals surface area contributed by atoms with Crippen LogP contribution in [0.5, 0.6) is 5.75 Å². The number of hydrogen-bond acceptors (Lipinski definition) is 6. The van der Waals surface area contributed by atoms with E-state index in [9.17, 15) is 13.2 Å². The molecule has 0 aliphatic carbocycles. The summed E-state index contributed by atoms with van der Waals surface area (Å²) in [6.45, 7) is 1.40. The summed E-state index contributed by atoms with van der Waals surface area (Å²) in [6.07, 6.45) is 0. The van der Waals surface area contributed by atoms with Gasteiger partial charge in [0.15, 0.2) is 0 Å². The van der Waals surface area contributed by atoms with Crippen LogP contribution in [0, 0.1) is 0 Å². The fourth-order valence-corrected chi connectivity index (χ4v) is 2.33. The van der Waals surface area contributed by atoms with Crippen molar-refractivity contribution in [3.8, 4) is 5.75 Å². The van der Waals surface area contributed by atoms with E-state index in [1.807, 2.05) is 0 Å². The van der Waals surface area contributed by atoms with Crippen molar-refractivity contribution in [1.29, 1.82) is 0 Å². The molecule has 0 amide bonds. The molecular formula is C11H16N2O5S. The van der Waals surface area contributed by atoms with Crippen LogP contribution in [0.3, 0.4) is 0 Å². The van der Waals surface area contributed by atoms with Crippen LogP contribution >= 0.6 is 0 Å². The third kappa shape index (κ3) is 4.11. The zero-order valence-corrected chi connectivity index (χ0v) is 11.5. The smallest absolute Gasteiger partial charge is 0.321 e. The maximum absolute atomic E-state index is 11.9. The van der Waals surface area contributed by atoms with Crippen molar-refractivity contribution in [1.82, 2.24) is 4.72 Å². The molecule has 7 nitrogen and oxygen atoms in total. The van der Waals surface area contributed by atoms with Crippen molar-refractivity contribution in [3.63, 3.8) is 0 Å². The molecule has 0 aliphatic rings. The Hall–Kier alpha value is -1.80. The number of rotatable bonds is 6. The first kappa shape index (κ1) is 15.3. The summed E-state index contributed by atoms with van der Waals surface area (Å²) in [5.74, 6) is -0.267. The molecule has 0 saturated carbocycles. The van der Waals surface area contributed by atoms with Crippen LogP contribution in [0.15, 0.2) is 23.1 Å². The van der Waals surface area contributed by atoms with Gasteiger partial charge >= 0.3 is 5.97 Å². The predicted octanol–water partition coefficient (Wildman–Crippen LogP) is 0.119. The maximum atomic E-state index is 11.9. The molecule has 1 rings (SSSR count). The third-order valence-corrected chi connectivity index (χ3v) is 3.62. The molecule has 0 saturated heterocycles. The van der Waals surface area contributed by atoms with Crippen LogP contribution in [0.25, 0.3) is 0 Å². The lowest BCUT2D eigenvalue weighted by atomic mass is 10.3. The standard InChI is InChI=1S/C11H16N2O5S/c1-3-18-11(14)7-13-19(15,16)8-4-5-10(17-2)9(12)6-8/h4-6,13H,3,7,12H2,1-2H3. The van der Waals surface area contributed by atoms with Gasteiger partial charge in [0.05, 0.1) is 24.3 Å². The number of ether oxygens (including phenoxy) is 2. The number of nitrogens with one attached hydrogen (secondary N) is 1. The Balaban J connectivity index is 2.83. The van der Waals surface area contributed by atoms with Gasteiger partial charge in [0.2, 0.25) is 10.0 Å². The summed E-state index contributed by atoms with van der Waals surface area (Å²) >= 11 is 0. The van der Waals surface area contributed by atoms with Gasteiger partial charge in [0.1, 0.15) is 12.3 Å². The molecule has 0 heterocycles. The number of nitrogen functional groups attached to an aromatic ring is 1. The SMILES string of the molecule is CCOC(=O)CNS(=O)(=O)c1ccc(OC)c(N)c1. The van der Waals surface area contributed by atoms with E-state index >= 15 is 0 Å². The molecule has 0 aromatic heterocycles. The van der Waals surface area contributed by atoms with Gasteiger partial charge in [0, 0.05) is 0 Å². The minimum Gasteiger partial charge on any atom is -0.495 e. The molecule has 0 unspecified atom stereocenters. The van der Waals surface area contributed by atoms with Gasteiger partial charge in [-0.15, -0.1) is 0 Å². The first-order valence-electron chi connectivity index (χ1n) is 5.49. The van der Waals surface area contributed by atoms with Crippen LogP contribution in [-0.2, 0) is 19.6 Å². The highest BCUT2D eigenvalue weighted by atomic mass is 32.2. The Morgan fingerprint density at radius 3 is 2.63 bits per heavy atom. The number of carbonyl (C=O) groups excluding carboxylic acids is 1. The van der Waals surface area contributed by atoms with Gasteiger partial charge in [-0.3, -0.25) is 4.79 Å². The molecule has 3 N–H and O–H groups in total. The van der Waals surface area contributed by atoms with Crippen molar-refractivity contribution in [2.24, 2.45) is 0 Å². The summed E-state index contributed by atoms with van der Waals surface area (Å²) in [7, 11) is -2.38. The van der Waals surface area contributed by atoms with Gasteiger partial charge in [0.25, 0.3) is 0 Å². The van der Waals surface area contributed by atoms with Crippen molar-refractivity contribution in [3.05, 3.63) is 18.2 Å². The van der Waals surface area contributed by atoms with E-state index in [0.717, 1.165) is 0 Å². The van der Waals surface area contributed by atoms with Gasteiger partial charge in [-0.25, -0.2) is 8.42 Å². The largest absolute Gasteiger partial charge is 0.495 e. The molecule has 0 radical (unpaired) electrons. The van der Waals surface area contributed by atoms with Crippen LogP contribution in [0.4, 0.5) is 5.69 Å². The Kier molecular flexibility index (Phi) is 5.13. The second kappa shape index (κ2) is 6.39. The first-order chi connectivity index (χ1) is 8.90. The molecule has 0 atom stereocenters. The Labute approximate surface area is 111 Å². The number of esters is 1. The van der Waals surface area contributed by atoms with Crippen LogP contribution in [-0.4, -0.2) is 34.6 Å². The number of nitrogens with two attached hydrogens (primary N) is 1. The second-order valence-corrected chi connectivity index (χ2v) is 5.30. The molecule has 0 fully saturated rings. The van der Waals surface area contributed by atoms with Crippen LogP contribution in [0.2, 0.25) is 0 Å². The maximum Gasteiger partial charge on any atom is 0.321 e. The molecule has 1 aromatic rings. The fraction of sp³-hybridized carbons (Fsp3) is 0.364. The highest BCUT2D eigenvalue weighted by Crippen LogP contribution is 2.24. The van der Waals surface area contributed by atoms with E-state index in [2.05, 4.69) is 9.46 Å². The number of benzene rings is 1. The normalized spacial score (nSPS) is 11.1. The van der Waals surface area contributed by atoms with E-state index < -0.39 is 22.5 Å². The van der Waals surface area contributed by atoms with Gasteiger partial charge in [-0.05, 0) is 25.1 Å². The van der Waals surface area contributed by atoms with Crippen molar-refractivity contribution >= 4 is 21.7 Å². The highest BCUT2D eigenvalue weighted by molar-refractivity contribution is 7.89. The van der Waals surface area contributed by atoms with Gasteiger partial charge in [-0.2, -0.15) is 4.72 Å². The quantitative estimate of drug-likeness (QED) is 0.568. The monoisotopic (exact) mass is 288 g/mol. The number of sulfonamides is 1. The van der Waals surface area contributed by atoms with Crippen molar-refractivity contribution < 1.29 is 22.7 Å². The zero-order chi connectivity index (χ0) is 14.5. The summed E-state index contributed by atoms with van der Waals surface area (Å²) in [5.41, 5.74) is 5.82. The Morgan fingerprint density at radius 1 is 1.42 bits per heavy atom. The lowest BCUT2D eigenvalue weighted by molar-refractivity contribution is -0.141. The summed E-state index contributed by atoms with van der Waals surface area (Å²) in [4.78, 5) is 11.0. The first-order valence-corrected chi connectivity index (χ1v) is 6.97. The van der Waals surface area contributed by atoms with Crippen molar-refractivity contribution in [2.75, 3.05) is 26.0 Å². The minimum atomic E-state index is -3.81. The summed E-state index contributed by atoms with van der Waals surface area (Å²) in [5, 5.41) is 0. The molecule has 0 bridgehead atoms. The molecule has 0 spiro atoms. The van der Waals surface area contributed by atoms with E-state index in [-0.39, 0.29) is 17.2 Å². The minimum absolute atomic E-state index is 0.0462. The van der Waals surface area contributed by atoms with Gasteiger partial charge < -0.3 is 15.2 Å². The Bertz CT molecular complexity index is 556. The molecule has 0 aliphatic heterocycles. The molecular weight excluding hydrogens is 272 g/mol. The summed E-state index contributed by atoms with van der Waals surface area (Å²) < 4.78 is 35.4. The number of methoxy groups -OCH3 is 1. The van der Waals surface area contributed by atoms with Crippen molar-refractivity contribution in [2.45, 2.75) is 11.8 Å². The van der Waals surface area contributed by atoms with E-state index in [1.54, 1.807) is 6.92 Å². The second-order valence-electron chi connectivity index (χ2n) is 3.53. The Morgan fingerprint density at radius 2 is 2.11 bits per heavy atom. The molecule has 8 heteroatoms. The molecule has 1 aromatic carbocycles. The summed E-state index contributed by atoms with van der Waals surface area (Å²) in [6, 6.07) is 4.03. The van der Waals surface area contributed by atoms with Gasteiger partial charge in [-0.1, -0.05) is 0 Å². The fourth-order valence-electron chi connectivity index (χ4n) is 1.33. The zero-order valence-electron chi connectivity index (χ0n) is 10.7. The van der Waals surface area contributed by atoms with E-state index in [0.29, 0.717) is 5.75 Å². The molecule has 19 heavy (non-hydrogen) atoms. The average molecular weight is 288 g/mol. The van der Waals surface area contributed by atoms with Crippen LogP contribution in [0.1, 0.15) is 6.92 Å². The van der Waals surface area contributed by atoms with E-state index in [1.165, 1.54) is 25.3 Å². The number of hydrogen-bond donors (Lipinski definition) is 2. The third-order valence-electron chi connectivity index (χ3n) is 2.22. The number of carbonyl (C=O) groups is 1. The highest BCUT2D eigenvalue weighted by Gasteiger charge is 2.17.